The van der Waals surface area contributed by atoms with Crippen molar-refractivity contribution in [2.24, 2.45) is 7.05 Å². The molecule has 8 heteroatoms. The number of benzene rings is 1. The lowest BCUT2D eigenvalue weighted by atomic mass is 10.1. The molecule has 0 saturated heterocycles. The maximum atomic E-state index is 12.9. The minimum atomic E-state index is 0.0805. The van der Waals surface area contributed by atoms with Crippen LogP contribution >= 0.6 is 11.8 Å². The first-order valence-corrected chi connectivity index (χ1v) is 10.8. The van der Waals surface area contributed by atoms with Crippen molar-refractivity contribution in [1.29, 1.82) is 0 Å². The van der Waals surface area contributed by atoms with E-state index in [0.717, 1.165) is 34.2 Å². The number of rotatable bonds is 8. The van der Waals surface area contributed by atoms with E-state index in [1.54, 1.807) is 10.9 Å². The maximum absolute atomic E-state index is 12.9. The zero-order chi connectivity index (χ0) is 21.0. The van der Waals surface area contributed by atoms with E-state index in [2.05, 4.69) is 45.8 Å². The molecule has 0 aliphatic rings. The Balaban J connectivity index is 1.73. The number of carbonyl (C=O) groups is 1. The van der Waals surface area contributed by atoms with Crippen molar-refractivity contribution < 1.29 is 4.79 Å². The Hall–Kier alpha value is -2.61. The summed E-state index contributed by atoms with van der Waals surface area (Å²) >= 11 is 1.44. The van der Waals surface area contributed by atoms with E-state index >= 15 is 0 Å². The van der Waals surface area contributed by atoms with E-state index in [1.165, 1.54) is 11.8 Å². The Bertz CT molecular complexity index is 977. The summed E-state index contributed by atoms with van der Waals surface area (Å²) in [6, 6.07) is 8.25. The van der Waals surface area contributed by atoms with Gasteiger partial charge < -0.3 is 9.47 Å². The highest BCUT2D eigenvalue weighted by Gasteiger charge is 2.21. The molecule has 1 aromatic carbocycles. The molecular formula is C21H28N6OS. The number of carbonyl (C=O) groups excluding carboxylic acids is 1. The van der Waals surface area contributed by atoms with Crippen molar-refractivity contribution in [2.75, 3.05) is 5.75 Å². The number of hydrogen-bond acceptors (Lipinski definition) is 5. The molecule has 1 amide bonds. The number of thioether (sulfide) groups is 1. The van der Waals surface area contributed by atoms with E-state index in [9.17, 15) is 4.79 Å². The van der Waals surface area contributed by atoms with Gasteiger partial charge in [0.1, 0.15) is 0 Å². The van der Waals surface area contributed by atoms with Gasteiger partial charge in [0.25, 0.3) is 0 Å². The van der Waals surface area contributed by atoms with Crippen molar-refractivity contribution >= 4 is 17.7 Å². The molecule has 0 radical (unpaired) electrons. The molecule has 0 spiro atoms. The predicted molar refractivity (Wildman–Crippen MR) is 115 cm³/mol. The van der Waals surface area contributed by atoms with Crippen LogP contribution in [-0.4, -0.2) is 47.1 Å². The van der Waals surface area contributed by atoms with Crippen molar-refractivity contribution in [3.8, 4) is 11.4 Å². The Kier molecular flexibility index (Phi) is 6.74. The Morgan fingerprint density at radius 3 is 2.62 bits per heavy atom. The van der Waals surface area contributed by atoms with Gasteiger partial charge in [-0.25, -0.2) is 0 Å². The summed E-state index contributed by atoms with van der Waals surface area (Å²) < 4.78 is 3.82. The minimum Gasteiger partial charge on any atom is -0.335 e. The fourth-order valence-corrected chi connectivity index (χ4v) is 4.11. The lowest BCUT2D eigenvalue weighted by Gasteiger charge is -2.26. The molecule has 3 aromatic rings. The molecule has 0 aliphatic carbocycles. The maximum Gasteiger partial charge on any atom is 0.233 e. The number of amides is 1. The van der Waals surface area contributed by atoms with Crippen LogP contribution in [0.15, 0.2) is 41.8 Å². The van der Waals surface area contributed by atoms with E-state index in [-0.39, 0.29) is 11.9 Å². The van der Waals surface area contributed by atoms with Gasteiger partial charge in [0, 0.05) is 43.5 Å². The third kappa shape index (κ3) is 4.87. The Morgan fingerprint density at radius 1 is 1.24 bits per heavy atom. The van der Waals surface area contributed by atoms with Crippen molar-refractivity contribution in [2.45, 2.75) is 52.0 Å². The second-order valence-corrected chi connectivity index (χ2v) is 8.23. The SMILES string of the molecule is CCn1c(SCC(=O)N(Cc2cnn(C)c2)C(C)C)nnc1-c1ccccc1C. The standard InChI is InChI=1S/C21H28N6OS/c1-6-26-20(18-10-8-7-9-16(18)4)23-24-21(26)29-14-19(28)27(15(2)3)13-17-11-22-25(5)12-17/h7-12,15H,6,13-14H2,1-5H3. The van der Waals surface area contributed by atoms with Gasteiger partial charge in [0.2, 0.25) is 5.91 Å². The summed E-state index contributed by atoms with van der Waals surface area (Å²) in [4.78, 5) is 14.8. The van der Waals surface area contributed by atoms with E-state index in [0.29, 0.717) is 12.3 Å². The van der Waals surface area contributed by atoms with Crippen LogP contribution in [-0.2, 0) is 24.9 Å². The Labute approximate surface area is 176 Å². The molecule has 29 heavy (non-hydrogen) atoms. The van der Waals surface area contributed by atoms with Crippen molar-refractivity contribution in [1.82, 2.24) is 29.4 Å². The monoisotopic (exact) mass is 412 g/mol. The molecule has 0 saturated carbocycles. The topological polar surface area (TPSA) is 68.8 Å². The molecule has 0 atom stereocenters. The smallest absolute Gasteiger partial charge is 0.233 e. The van der Waals surface area contributed by atoms with Gasteiger partial charge in [-0.05, 0) is 33.3 Å². The normalized spacial score (nSPS) is 11.2. The number of hydrogen-bond donors (Lipinski definition) is 0. The highest BCUT2D eigenvalue weighted by molar-refractivity contribution is 7.99. The molecule has 0 N–H and O–H groups in total. The minimum absolute atomic E-state index is 0.0805. The molecule has 7 nitrogen and oxygen atoms in total. The van der Waals surface area contributed by atoms with Crippen LogP contribution in [0.2, 0.25) is 0 Å². The molecular weight excluding hydrogens is 384 g/mol. The average Bonchev–Trinajstić information content (AvgIpc) is 3.29. The van der Waals surface area contributed by atoms with Gasteiger partial charge >= 0.3 is 0 Å². The molecule has 2 aromatic heterocycles. The average molecular weight is 413 g/mol. The summed E-state index contributed by atoms with van der Waals surface area (Å²) in [5.41, 5.74) is 3.25. The molecule has 3 rings (SSSR count). The lowest BCUT2D eigenvalue weighted by molar-refractivity contribution is -0.130. The molecule has 0 bridgehead atoms. The number of aromatic nitrogens is 5. The zero-order valence-electron chi connectivity index (χ0n) is 17.7. The third-order valence-electron chi connectivity index (χ3n) is 4.80. The fourth-order valence-electron chi connectivity index (χ4n) is 3.22. The highest BCUT2D eigenvalue weighted by Crippen LogP contribution is 2.26. The van der Waals surface area contributed by atoms with E-state index in [1.807, 2.05) is 44.1 Å². The largest absolute Gasteiger partial charge is 0.335 e. The van der Waals surface area contributed by atoms with Crippen molar-refractivity contribution in [3.63, 3.8) is 0 Å². The predicted octanol–water partition coefficient (Wildman–Crippen LogP) is 3.54. The fraction of sp³-hybridized carbons (Fsp3) is 0.429. The molecule has 2 heterocycles. The second-order valence-electron chi connectivity index (χ2n) is 7.29. The van der Waals surface area contributed by atoms with Crippen LogP contribution in [0, 0.1) is 6.92 Å². The van der Waals surface area contributed by atoms with Crippen molar-refractivity contribution in [3.05, 3.63) is 47.8 Å². The number of aryl methyl sites for hydroxylation is 2. The van der Waals surface area contributed by atoms with E-state index in [4.69, 9.17) is 0 Å². The summed E-state index contributed by atoms with van der Waals surface area (Å²) in [6.07, 6.45) is 3.75. The Morgan fingerprint density at radius 2 is 2.00 bits per heavy atom. The first-order chi connectivity index (χ1) is 13.9. The summed E-state index contributed by atoms with van der Waals surface area (Å²) in [5, 5.41) is 13.7. The summed E-state index contributed by atoms with van der Waals surface area (Å²) in [6.45, 7) is 9.50. The van der Waals surface area contributed by atoms with Crippen LogP contribution in [0.25, 0.3) is 11.4 Å². The zero-order valence-corrected chi connectivity index (χ0v) is 18.5. The van der Waals surface area contributed by atoms with Crippen LogP contribution in [0.4, 0.5) is 0 Å². The van der Waals surface area contributed by atoms with Gasteiger partial charge in [-0.2, -0.15) is 5.10 Å². The van der Waals surface area contributed by atoms with Gasteiger partial charge in [-0.15, -0.1) is 10.2 Å². The second kappa shape index (κ2) is 9.26. The molecule has 154 valence electrons. The van der Waals surface area contributed by atoms with E-state index < -0.39 is 0 Å². The van der Waals surface area contributed by atoms with Gasteiger partial charge in [-0.1, -0.05) is 36.0 Å². The first kappa shape index (κ1) is 21.1. The summed E-state index contributed by atoms with van der Waals surface area (Å²) in [5.74, 6) is 1.25. The molecule has 0 aliphatic heterocycles. The molecule has 0 fully saturated rings. The quantitative estimate of drug-likeness (QED) is 0.530. The van der Waals surface area contributed by atoms with Gasteiger partial charge in [0.05, 0.1) is 11.9 Å². The first-order valence-electron chi connectivity index (χ1n) is 9.79. The molecule has 0 unspecified atom stereocenters. The van der Waals surface area contributed by atoms with Crippen LogP contribution in [0.5, 0.6) is 0 Å². The van der Waals surface area contributed by atoms with Crippen LogP contribution in [0.1, 0.15) is 31.9 Å². The van der Waals surface area contributed by atoms with Crippen LogP contribution < -0.4 is 0 Å². The van der Waals surface area contributed by atoms with Gasteiger partial charge in [0.15, 0.2) is 11.0 Å². The number of nitrogens with zero attached hydrogens (tertiary/aromatic N) is 6. The highest BCUT2D eigenvalue weighted by atomic mass is 32.2. The lowest BCUT2D eigenvalue weighted by Crippen LogP contribution is -2.37. The van der Waals surface area contributed by atoms with Gasteiger partial charge in [-0.3, -0.25) is 9.48 Å². The summed E-state index contributed by atoms with van der Waals surface area (Å²) in [7, 11) is 1.88. The van der Waals surface area contributed by atoms with Crippen LogP contribution in [0.3, 0.4) is 0 Å². The third-order valence-corrected chi connectivity index (χ3v) is 5.75.